The molecule has 0 saturated heterocycles. The van der Waals surface area contributed by atoms with Crippen LogP contribution in [0.5, 0.6) is 0 Å². The van der Waals surface area contributed by atoms with Crippen molar-refractivity contribution in [3.63, 3.8) is 0 Å². The van der Waals surface area contributed by atoms with Gasteiger partial charge in [0, 0.05) is 9.86 Å². The lowest BCUT2D eigenvalue weighted by Crippen LogP contribution is -1.87. The van der Waals surface area contributed by atoms with E-state index in [-0.39, 0.29) is 0 Å². The van der Waals surface area contributed by atoms with Crippen molar-refractivity contribution in [3.8, 4) is 0 Å². The van der Waals surface area contributed by atoms with E-state index < -0.39 is 0 Å². The van der Waals surface area contributed by atoms with Crippen molar-refractivity contribution in [2.24, 2.45) is 0 Å². The number of hydrogen-bond donors (Lipinski definition) is 2. The van der Waals surface area contributed by atoms with Gasteiger partial charge >= 0.3 is 0 Å². The number of H-pyrrole nitrogens is 1. The summed E-state index contributed by atoms with van der Waals surface area (Å²) in [7, 11) is 0. The van der Waals surface area contributed by atoms with Gasteiger partial charge in [-0.05, 0) is 18.2 Å². The molecular formula is C9H5BrN4S. The first-order valence-electron chi connectivity index (χ1n) is 4.25. The zero-order valence-corrected chi connectivity index (χ0v) is 9.88. The Balaban J connectivity index is 2.53. The lowest BCUT2D eigenvalue weighted by molar-refractivity contribution is 0.881. The molecule has 6 heteroatoms. The Labute approximate surface area is 98.7 Å². The Hall–Kier alpha value is -1.14. The smallest absolute Gasteiger partial charge is 0.206 e. The molecular weight excluding hydrogens is 276 g/mol. The monoisotopic (exact) mass is 280 g/mol. The van der Waals surface area contributed by atoms with Crippen LogP contribution >= 0.6 is 28.6 Å². The minimum atomic E-state index is 0.381. The molecule has 3 aromatic rings. The third-order valence-electron chi connectivity index (χ3n) is 2.17. The molecule has 2 aromatic heterocycles. The predicted octanol–water partition coefficient (Wildman–Crippen LogP) is 2.56. The third-order valence-corrected chi connectivity index (χ3v) is 2.85. The van der Waals surface area contributed by atoms with E-state index in [9.17, 15) is 0 Å². The molecule has 1 aromatic carbocycles. The molecule has 4 nitrogen and oxygen atoms in total. The molecule has 0 unspecified atom stereocenters. The molecule has 0 bridgehead atoms. The largest absolute Gasteiger partial charge is 0.336 e. The number of nitrogens with one attached hydrogen (secondary N) is 1. The number of fused-ring (bicyclic) bond motifs is 3. The van der Waals surface area contributed by atoms with Crippen molar-refractivity contribution >= 4 is 50.6 Å². The molecule has 2 heterocycles. The Morgan fingerprint density at radius 3 is 3.00 bits per heavy atom. The summed E-state index contributed by atoms with van der Waals surface area (Å²) in [6, 6.07) is 5.94. The van der Waals surface area contributed by atoms with Crippen molar-refractivity contribution in [3.05, 3.63) is 22.7 Å². The average Bonchev–Trinajstić information content (AvgIpc) is 2.54. The number of benzene rings is 1. The highest BCUT2D eigenvalue weighted by Crippen LogP contribution is 2.25. The summed E-state index contributed by atoms with van der Waals surface area (Å²) in [5.41, 5.74) is 2.47. The molecule has 0 atom stereocenters. The molecule has 1 N–H and O–H groups in total. The quantitative estimate of drug-likeness (QED) is 0.623. The second-order valence-electron chi connectivity index (χ2n) is 3.12. The van der Waals surface area contributed by atoms with Crippen LogP contribution in [-0.4, -0.2) is 20.2 Å². The lowest BCUT2D eigenvalue weighted by atomic mass is 10.2. The number of hydrogen-bond acceptors (Lipinski definition) is 4. The molecule has 3 rings (SSSR count). The number of nitrogens with zero attached hydrogens (tertiary/aromatic N) is 3. The van der Waals surface area contributed by atoms with E-state index in [1.165, 1.54) is 0 Å². The SMILES string of the molecule is Sc1nnc2[nH]c3cc(Br)ccc3c2n1. The van der Waals surface area contributed by atoms with E-state index in [1.54, 1.807) is 0 Å². The molecule has 0 aliphatic carbocycles. The van der Waals surface area contributed by atoms with Crippen LogP contribution < -0.4 is 0 Å². The second-order valence-corrected chi connectivity index (χ2v) is 4.44. The highest BCUT2D eigenvalue weighted by Gasteiger charge is 2.07. The first kappa shape index (κ1) is 9.11. The fourth-order valence-electron chi connectivity index (χ4n) is 1.54. The zero-order valence-electron chi connectivity index (χ0n) is 7.40. The van der Waals surface area contributed by atoms with Crippen molar-refractivity contribution in [2.75, 3.05) is 0 Å². The van der Waals surface area contributed by atoms with Crippen LogP contribution in [0.3, 0.4) is 0 Å². The summed E-state index contributed by atoms with van der Waals surface area (Å²) in [6.07, 6.45) is 0. The summed E-state index contributed by atoms with van der Waals surface area (Å²) >= 11 is 7.49. The van der Waals surface area contributed by atoms with E-state index >= 15 is 0 Å². The minimum absolute atomic E-state index is 0.381. The van der Waals surface area contributed by atoms with Crippen molar-refractivity contribution in [1.82, 2.24) is 20.2 Å². The Morgan fingerprint density at radius 1 is 1.27 bits per heavy atom. The van der Waals surface area contributed by atoms with Crippen LogP contribution in [-0.2, 0) is 0 Å². The summed E-state index contributed by atoms with van der Waals surface area (Å²) in [5.74, 6) is 0. The topological polar surface area (TPSA) is 54.5 Å². The number of aromatic amines is 1. The van der Waals surface area contributed by atoms with Gasteiger partial charge in [-0.2, -0.15) is 0 Å². The molecule has 0 radical (unpaired) electrons. The van der Waals surface area contributed by atoms with Crippen molar-refractivity contribution < 1.29 is 0 Å². The van der Waals surface area contributed by atoms with Crippen LogP contribution in [0.4, 0.5) is 0 Å². The third kappa shape index (κ3) is 1.40. The summed E-state index contributed by atoms with van der Waals surface area (Å²) in [5, 5.41) is 9.18. The maximum atomic E-state index is 4.24. The maximum absolute atomic E-state index is 4.24. The van der Waals surface area contributed by atoms with E-state index in [2.05, 4.69) is 48.7 Å². The number of thiol groups is 1. The Morgan fingerprint density at radius 2 is 2.13 bits per heavy atom. The zero-order chi connectivity index (χ0) is 10.4. The van der Waals surface area contributed by atoms with Gasteiger partial charge in [-0.3, -0.25) is 0 Å². The van der Waals surface area contributed by atoms with Gasteiger partial charge in [-0.1, -0.05) is 15.9 Å². The molecule has 0 spiro atoms. The van der Waals surface area contributed by atoms with Crippen molar-refractivity contribution in [2.45, 2.75) is 5.16 Å². The normalized spacial score (nSPS) is 11.3. The van der Waals surface area contributed by atoms with Crippen LogP contribution in [0.1, 0.15) is 0 Å². The van der Waals surface area contributed by atoms with E-state index in [0.717, 1.165) is 20.9 Å². The van der Waals surface area contributed by atoms with Gasteiger partial charge in [-0.25, -0.2) is 4.98 Å². The number of rotatable bonds is 0. The highest BCUT2D eigenvalue weighted by molar-refractivity contribution is 9.10. The molecule has 0 saturated carbocycles. The first-order chi connectivity index (χ1) is 7.24. The van der Waals surface area contributed by atoms with E-state index in [4.69, 9.17) is 0 Å². The fraction of sp³-hybridized carbons (Fsp3) is 0. The summed E-state index contributed by atoms with van der Waals surface area (Å²) < 4.78 is 1.01. The molecule has 0 amide bonds. The Bertz CT molecular complexity index is 664. The summed E-state index contributed by atoms with van der Waals surface area (Å²) in [4.78, 5) is 7.38. The van der Waals surface area contributed by atoms with Gasteiger partial charge in [0.25, 0.3) is 0 Å². The van der Waals surface area contributed by atoms with Crippen LogP contribution in [0, 0.1) is 0 Å². The van der Waals surface area contributed by atoms with Crippen LogP contribution in [0.2, 0.25) is 0 Å². The van der Waals surface area contributed by atoms with Gasteiger partial charge in [0.2, 0.25) is 5.16 Å². The lowest BCUT2D eigenvalue weighted by Gasteiger charge is -1.91. The Kier molecular flexibility index (Phi) is 1.93. The second kappa shape index (κ2) is 3.18. The van der Waals surface area contributed by atoms with E-state index in [1.807, 2.05) is 18.2 Å². The molecule has 15 heavy (non-hydrogen) atoms. The number of halogens is 1. The van der Waals surface area contributed by atoms with Gasteiger partial charge in [0.1, 0.15) is 5.52 Å². The van der Waals surface area contributed by atoms with Gasteiger partial charge < -0.3 is 4.98 Å². The molecule has 74 valence electrons. The fourth-order valence-corrected chi connectivity index (χ4v) is 2.05. The van der Waals surface area contributed by atoms with Crippen LogP contribution in [0.15, 0.2) is 27.8 Å². The average molecular weight is 281 g/mol. The predicted molar refractivity (Wildman–Crippen MR) is 64.1 cm³/mol. The standard InChI is InChI=1S/C9H5BrN4S/c10-4-1-2-5-6(3-4)11-8-7(5)12-9(15)14-13-8/h1-3H,(H,11,13)(H,12,14,15). The molecule has 0 aliphatic rings. The maximum Gasteiger partial charge on any atom is 0.206 e. The van der Waals surface area contributed by atoms with E-state index in [0.29, 0.717) is 10.8 Å². The van der Waals surface area contributed by atoms with Gasteiger partial charge in [-0.15, -0.1) is 22.8 Å². The van der Waals surface area contributed by atoms with Crippen LogP contribution in [0.25, 0.3) is 22.1 Å². The van der Waals surface area contributed by atoms with Gasteiger partial charge in [0.05, 0.1) is 5.52 Å². The minimum Gasteiger partial charge on any atom is -0.336 e. The molecule has 0 fully saturated rings. The van der Waals surface area contributed by atoms with Gasteiger partial charge in [0.15, 0.2) is 5.65 Å². The highest BCUT2D eigenvalue weighted by atomic mass is 79.9. The number of aromatic nitrogens is 4. The van der Waals surface area contributed by atoms with Crippen molar-refractivity contribution in [1.29, 1.82) is 0 Å². The summed E-state index contributed by atoms with van der Waals surface area (Å²) in [6.45, 7) is 0. The molecule has 0 aliphatic heterocycles. The first-order valence-corrected chi connectivity index (χ1v) is 5.49.